The molecule has 3 aromatic carbocycles. The van der Waals surface area contributed by atoms with Crippen molar-refractivity contribution in [2.45, 2.75) is 25.2 Å². The van der Waals surface area contributed by atoms with Crippen LogP contribution in [0.5, 0.6) is 0 Å². The normalized spacial score (nSPS) is 22.9. The van der Waals surface area contributed by atoms with Gasteiger partial charge in [0.1, 0.15) is 0 Å². The van der Waals surface area contributed by atoms with Gasteiger partial charge in [-0.3, -0.25) is 14.9 Å². The molecule has 1 aromatic heterocycles. The maximum absolute atomic E-state index is 13.7. The van der Waals surface area contributed by atoms with Crippen LogP contribution in [-0.4, -0.2) is 15.8 Å². The Labute approximate surface area is 188 Å². The van der Waals surface area contributed by atoms with Crippen LogP contribution in [0.1, 0.15) is 47.4 Å². The molecule has 0 fully saturated rings. The maximum Gasteiger partial charge on any atom is 0.270 e. The Balaban J connectivity index is 1.39. The average Bonchev–Trinajstić information content (AvgIpc) is 3.20. The molecule has 1 amide bonds. The van der Waals surface area contributed by atoms with Gasteiger partial charge in [-0.15, -0.1) is 0 Å². The number of carbonyl (C=O) groups is 1. The first kappa shape index (κ1) is 19.1. The number of non-ortho nitro benzene ring substituents is 1. The van der Waals surface area contributed by atoms with Gasteiger partial charge in [-0.2, -0.15) is 0 Å². The molecule has 7 heteroatoms. The van der Waals surface area contributed by atoms with E-state index in [1.54, 1.807) is 6.07 Å². The molecule has 4 aromatic rings. The molecule has 1 N–H and O–H groups in total. The zero-order chi connectivity index (χ0) is 22.0. The van der Waals surface area contributed by atoms with Crippen molar-refractivity contribution < 1.29 is 9.72 Å². The summed E-state index contributed by atoms with van der Waals surface area (Å²) in [7, 11) is 0. The maximum atomic E-state index is 13.7. The lowest BCUT2D eigenvalue weighted by atomic mass is 9.52. The molecule has 0 saturated carbocycles. The zero-order valence-corrected chi connectivity index (χ0v) is 18.1. The van der Waals surface area contributed by atoms with E-state index in [0.717, 1.165) is 6.42 Å². The Kier molecular flexibility index (Phi) is 4.01. The second kappa shape index (κ2) is 6.71. The summed E-state index contributed by atoms with van der Waals surface area (Å²) in [6.45, 7) is 2.05. The highest BCUT2D eigenvalue weighted by molar-refractivity contribution is 7.22. The molecule has 0 aliphatic heterocycles. The molecule has 0 spiro atoms. The average molecular weight is 442 g/mol. The number of carbonyl (C=O) groups excluding carboxylic acids is 1. The van der Waals surface area contributed by atoms with Crippen LogP contribution >= 0.6 is 11.3 Å². The van der Waals surface area contributed by atoms with Crippen LogP contribution in [0.2, 0.25) is 0 Å². The van der Waals surface area contributed by atoms with Gasteiger partial charge in [-0.25, -0.2) is 4.98 Å². The number of fused-ring (bicyclic) bond motifs is 2. The van der Waals surface area contributed by atoms with Crippen LogP contribution in [0.3, 0.4) is 0 Å². The number of nitrogens with one attached hydrogen (secondary N) is 1. The Hall–Kier alpha value is -3.58. The summed E-state index contributed by atoms with van der Waals surface area (Å²) in [6, 6.07) is 21.4. The third-order valence-electron chi connectivity index (χ3n) is 6.95. The molecule has 6 nitrogen and oxygen atoms in total. The molecular formula is C25H19N3O3S. The second-order valence-electron chi connectivity index (χ2n) is 8.75. The third kappa shape index (κ3) is 2.64. The number of hydrogen-bond acceptors (Lipinski definition) is 5. The van der Waals surface area contributed by atoms with Crippen LogP contribution < -0.4 is 5.32 Å². The molecular weight excluding hydrogens is 422 g/mol. The van der Waals surface area contributed by atoms with Crippen molar-refractivity contribution in [2.75, 3.05) is 5.32 Å². The minimum Gasteiger partial charge on any atom is -0.301 e. The van der Waals surface area contributed by atoms with E-state index in [0.29, 0.717) is 15.3 Å². The first-order chi connectivity index (χ1) is 15.5. The SMILES string of the molecule is C[C@@]1(C(=O)Nc2nc3ccc([N+](=O)[O-])cc3s2)CC2c3ccccc3C1c1ccccc12. The molecule has 3 aliphatic carbocycles. The minimum absolute atomic E-state index is 0.0174. The molecule has 0 saturated heterocycles. The second-order valence-corrected chi connectivity index (χ2v) is 9.78. The van der Waals surface area contributed by atoms with Crippen molar-refractivity contribution >= 4 is 38.3 Å². The van der Waals surface area contributed by atoms with Crippen molar-refractivity contribution in [1.29, 1.82) is 0 Å². The molecule has 32 heavy (non-hydrogen) atoms. The summed E-state index contributed by atoms with van der Waals surface area (Å²) in [6.07, 6.45) is 0.730. The molecule has 158 valence electrons. The fourth-order valence-corrected chi connectivity index (χ4v) is 6.40. The number of nitro groups is 1. The van der Waals surface area contributed by atoms with Gasteiger partial charge in [0.05, 0.1) is 20.6 Å². The number of benzene rings is 3. The number of nitro benzene ring substituents is 1. The zero-order valence-electron chi connectivity index (χ0n) is 17.2. The highest BCUT2D eigenvalue weighted by Gasteiger charge is 2.53. The third-order valence-corrected chi connectivity index (χ3v) is 7.89. The summed E-state index contributed by atoms with van der Waals surface area (Å²) >= 11 is 1.26. The Morgan fingerprint density at radius 2 is 1.69 bits per heavy atom. The topological polar surface area (TPSA) is 85.1 Å². The van der Waals surface area contributed by atoms with E-state index in [2.05, 4.69) is 46.7 Å². The molecule has 1 atom stereocenters. The molecule has 2 bridgehead atoms. The lowest BCUT2D eigenvalue weighted by Crippen LogP contribution is -2.47. The van der Waals surface area contributed by atoms with Crippen LogP contribution in [0.4, 0.5) is 10.8 Å². The van der Waals surface area contributed by atoms with Crippen LogP contribution in [0.15, 0.2) is 66.7 Å². The van der Waals surface area contributed by atoms with E-state index in [1.807, 2.05) is 19.1 Å². The van der Waals surface area contributed by atoms with Crippen LogP contribution in [-0.2, 0) is 4.79 Å². The fourth-order valence-electron chi connectivity index (χ4n) is 5.51. The number of aromatic nitrogens is 1. The van der Waals surface area contributed by atoms with Crippen molar-refractivity contribution in [1.82, 2.24) is 4.98 Å². The van der Waals surface area contributed by atoms with E-state index in [9.17, 15) is 14.9 Å². The fraction of sp³-hybridized carbons (Fsp3) is 0.200. The monoisotopic (exact) mass is 441 g/mol. The summed E-state index contributed by atoms with van der Waals surface area (Å²) in [5.74, 6) is 0.0848. The lowest BCUT2D eigenvalue weighted by molar-refractivity contribution is -0.384. The highest BCUT2D eigenvalue weighted by atomic mass is 32.1. The van der Waals surface area contributed by atoms with Gasteiger partial charge in [0.2, 0.25) is 5.91 Å². The largest absolute Gasteiger partial charge is 0.301 e. The quantitative estimate of drug-likeness (QED) is 0.320. The Morgan fingerprint density at radius 1 is 1.06 bits per heavy atom. The number of anilines is 1. The first-order valence-electron chi connectivity index (χ1n) is 10.5. The van der Waals surface area contributed by atoms with E-state index in [1.165, 1.54) is 45.7 Å². The van der Waals surface area contributed by atoms with Crippen LogP contribution in [0, 0.1) is 15.5 Å². The number of rotatable bonds is 3. The van der Waals surface area contributed by atoms with Crippen molar-refractivity contribution in [3.63, 3.8) is 0 Å². The summed E-state index contributed by atoms with van der Waals surface area (Å²) in [4.78, 5) is 28.8. The molecule has 0 radical (unpaired) electrons. The van der Waals surface area contributed by atoms with Crippen LogP contribution in [0.25, 0.3) is 10.2 Å². The smallest absolute Gasteiger partial charge is 0.270 e. The lowest BCUT2D eigenvalue weighted by Gasteiger charge is -2.50. The van der Waals surface area contributed by atoms with Crippen molar-refractivity contribution in [2.24, 2.45) is 5.41 Å². The summed E-state index contributed by atoms with van der Waals surface area (Å²) in [5.41, 5.74) is 5.10. The van der Waals surface area contributed by atoms with Gasteiger partial charge in [-0.1, -0.05) is 59.9 Å². The number of hydrogen-bond donors (Lipinski definition) is 1. The molecule has 1 heterocycles. The van der Waals surface area contributed by atoms with Gasteiger partial charge >= 0.3 is 0 Å². The minimum atomic E-state index is -0.628. The van der Waals surface area contributed by atoms with Gasteiger partial charge < -0.3 is 5.32 Å². The van der Waals surface area contributed by atoms with Crippen molar-refractivity contribution in [3.8, 4) is 0 Å². The van der Waals surface area contributed by atoms with Crippen molar-refractivity contribution in [3.05, 3.63) is 99.1 Å². The first-order valence-corrected chi connectivity index (χ1v) is 11.3. The number of nitrogens with zero attached hydrogens (tertiary/aromatic N) is 2. The Bertz CT molecular complexity index is 1380. The van der Waals surface area contributed by atoms with E-state index >= 15 is 0 Å². The predicted octanol–water partition coefficient (Wildman–Crippen LogP) is 5.83. The molecule has 3 aliphatic rings. The summed E-state index contributed by atoms with van der Waals surface area (Å²) in [5, 5.41) is 14.6. The predicted molar refractivity (Wildman–Crippen MR) is 124 cm³/mol. The van der Waals surface area contributed by atoms with Gasteiger partial charge in [0.15, 0.2) is 5.13 Å². The van der Waals surface area contributed by atoms with Gasteiger partial charge in [-0.05, 0) is 41.7 Å². The Morgan fingerprint density at radius 3 is 2.31 bits per heavy atom. The van der Waals surface area contributed by atoms with Gasteiger partial charge in [0.25, 0.3) is 5.69 Å². The number of thiazole rings is 1. The van der Waals surface area contributed by atoms with E-state index in [-0.39, 0.29) is 23.4 Å². The molecule has 7 rings (SSSR count). The van der Waals surface area contributed by atoms with Gasteiger partial charge in [0, 0.05) is 24.0 Å². The van der Waals surface area contributed by atoms with E-state index < -0.39 is 10.3 Å². The highest BCUT2D eigenvalue weighted by Crippen LogP contribution is 2.61. The summed E-state index contributed by atoms with van der Waals surface area (Å²) < 4.78 is 0.681. The standard InChI is InChI=1S/C25H19N3O3S/c1-25(23(29)27-24-26-20-11-10-14(28(30)31)12-21(20)32-24)13-19-15-6-2-4-8-17(15)22(25)18-9-5-3-7-16(18)19/h2-12,19,22H,13H2,1H3,(H,26,27,29)/t19?,22?,25-/m1/s1. The molecule has 0 unspecified atom stereocenters. The van der Waals surface area contributed by atoms with E-state index in [4.69, 9.17) is 0 Å². The number of amides is 1.